The van der Waals surface area contributed by atoms with E-state index in [1.807, 2.05) is 26.0 Å². The summed E-state index contributed by atoms with van der Waals surface area (Å²) in [6, 6.07) is 13.8. The number of amides is 1. The summed E-state index contributed by atoms with van der Waals surface area (Å²) in [5.41, 5.74) is 2.35. The number of aliphatic imine (C=N–C) groups is 1. The number of anilines is 1. The van der Waals surface area contributed by atoms with E-state index in [1.165, 1.54) is 0 Å². The number of carbonyl (C=O) groups excluding carboxylic acids is 3. The van der Waals surface area contributed by atoms with Gasteiger partial charge in [0.15, 0.2) is 12.4 Å². The summed E-state index contributed by atoms with van der Waals surface area (Å²) < 4.78 is 6.33. The smallest absolute Gasteiger partial charge is 0.338 e. The van der Waals surface area contributed by atoms with E-state index in [0.29, 0.717) is 29.0 Å². The van der Waals surface area contributed by atoms with E-state index < -0.39 is 5.97 Å². The maximum atomic E-state index is 12.6. The Morgan fingerprint density at radius 2 is 1.88 bits per heavy atom. The Morgan fingerprint density at radius 1 is 1.12 bits per heavy atom. The molecule has 1 aliphatic rings. The van der Waals surface area contributed by atoms with Gasteiger partial charge in [0.05, 0.1) is 12.1 Å². The van der Waals surface area contributed by atoms with Crippen molar-refractivity contribution in [3.63, 3.8) is 0 Å². The molecule has 3 rings (SSSR count). The normalized spacial score (nSPS) is 13.0. The van der Waals surface area contributed by atoms with Gasteiger partial charge in [0, 0.05) is 29.2 Å². The monoisotopic (exact) mass is 470 g/mol. The molecule has 1 aliphatic heterocycles. The molecule has 0 bridgehead atoms. The third-order valence-electron chi connectivity index (χ3n) is 4.56. The molecule has 0 spiro atoms. The number of ketones is 1. The van der Waals surface area contributed by atoms with Crippen LogP contribution in [0.3, 0.4) is 0 Å². The second-order valence-corrected chi connectivity index (χ2v) is 9.97. The summed E-state index contributed by atoms with van der Waals surface area (Å²) in [6.07, 6.45) is 0.434. The van der Waals surface area contributed by atoms with Crippen LogP contribution in [0, 0.1) is 5.92 Å². The number of thioether (sulfide) groups is 2. The zero-order chi connectivity index (χ0) is 22.9. The van der Waals surface area contributed by atoms with Crippen molar-refractivity contribution in [2.24, 2.45) is 10.9 Å². The number of Topliss-reactive ketones (excluding diaryl/α,β-unsaturated/α-hetero) is 1. The average Bonchev–Trinajstić information content (AvgIpc) is 3.29. The van der Waals surface area contributed by atoms with Crippen molar-refractivity contribution in [2.45, 2.75) is 26.0 Å². The Morgan fingerprint density at radius 3 is 2.56 bits per heavy atom. The Labute approximate surface area is 196 Å². The maximum absolute atomic E-state index is 12.6. The molecule has 168 valence electrons. The molecule has 8 heteroatoms. The van der Waals surface area contributed by atoms with Gasteiger partial charge in [0.2, 0.25) is 5.91 Å². The second-order valence-electron chi connectivity index (χ2n) is 7.66. The van der Waals surface area contributed by atoms with Gasteiger partial charge in [-0.15, -0.1) is 0 Å². The van der Waals surface area contributed by atoms with Gasteiger partial charge in [0.1, 0.15) is 4.38 Å². The lowest BCUT2D eigenvalue weighted by atomic mass is 10.1. The summed E-state index contributed by atoms with van der Waals surface area (Å²) >= 11 is 3.33. The molecule has 1 N–H and O–H groups in total. The van der Waals surface area contributed by atoms with E-state index in [1.54, 1.807) is 59.9 Å². The number of hydrogen-bond acceptors (Lipinski definition) is 7. The highest BCUT2D eigenvalue weighted by molar-refractivity contribution is 8.38. The molecule has 0 radical (unpaired) electrons. The largest absolute Gasteiger partial charge is 0.454 e. The van der Waals surface area contributed by atoms with Crippen molar-refractivity contribution in [3.8, 4) is 0 Å². The predicted molar refractivity (Wildman–Crippen MR) is 132 cm³/mol. The van der Waals surface area contributed by atoms with E-state index >= 15 is 0 Å². The SMILES string of the molecule is CC(C)CC(=O)Nc1ccc(C(=O)COC(=O)c2ccccc2CSC2=NCCS2)cc1. The molecule has 0 atom stereocenters. The minimum atomic E-state index is -0.520. The van der Waals surface area contributed by atoms with Crippen molar-refractivity contribution in [2.75, 3.05) is 24.2 Å². The number of rotatable bonds is 9. The zero-order valence-corrected chi connectivity index (χ0v) is 19.8. The Hall–Kier alpha value is -2.58. The third kappa shape index (κ3) is 7.24. The zero-order valence-electron chi connectivity index (χ0n) is 18.1. The second kappa shape index (κ2) is 11.9. The molecule has 2 aromatic carbocycles. The van der Waals surface area contributed by atoms with Crippen LogP contribution in [0.5, 0.6) is 0 Å². The molecule has 0 aliphatic carbocycles. The number of nitrogens with one attached hydrogen (secondary N) is 1. The molecule has 0 unspecified atom stereocenters. The van der Waals surface area contributed by atoms with Crippen molar-refractivity contribution < 1.29 is 19.1 Å². The Balaban J connectivity index is 1.53. The molecule has 1 heterocycles. The highest BCUT2D eigenvalue weighted by atomic mass is 32.2. The number of benzene rings is 2. The molecule has 0 fully saturated rings. The van der Waals surface area contributed by atoms with Crippen LogP contribution >= 0.6 is 23.5 Å². The van der Waals surface area contributed by atoms with Gasteiger partial charge in [-0.25, -0.2) is 4.79 Å². The van der Waals surface area contributed by atoms with Crippen molar-refractivity contribution in [1.82, 2.24) is 0 Å². The third-order valence-corrected chi connectivity index (χ3v) is 6.87. The highest BCUT2D eigenvalue weighted by Gasteiger charge is 2.17. The van der Waals surface area contributed by atoms with Crippen molar-refractivity contribution >= 4 is 51.2 Å². The molecular formula is C24H26N2O4S2. The number of hydrogen-bond donors (Lipinski definition) is 1. The summed E-state index contributed by atoms with van der Waals surface area (Å²) in [5, 5.41) is 2.80. The fourth-order valence-electron chi connectivity index (χ4n) is 3.00. The molecule has 0 saturated heterocycles. The average molecular weight is 471 g/mol. The Kier molecular flexibility index (Phi) is 8.93. The van der Waals surface area contributed by atoms with E-state index in [-0.39, 0.29) is 24.2 Å². The summed E-state index contributed by atoms with van der Waals surface area (Å²) in [5.74, 6) is 0.997. The Bertz CT molecular complexity index is 1000. The summed E-state index contributed by atoms with van der Waals surface area (Å²) in [7, 11) is 0. The topological polar surface area (TPSA) is 84.8 Å². The van der Waals surface area contributed by atoms with Gasteiger partial charge in [0.25, 0.3) is 0 Å². The maximum Gasteiger partial charge on any atom is 0.338 e. The van der Waals surface area contributed by atoms with Crippen molar-refractivity contribution in [3.05, 3.63) is 65.2 Å². The lowest BCUT2D eigenvalue weighted by molar-refractivity contribution is -0.116. The summed E-state index contributed by atoms with van der Waals surface area (Å²) in [6.45, 7) is 4.44. The number of ether oxygens (including phenoxy) is 1. The van der Waals surface area contributed by atoms with Crippen LogP contribution in [0.1, 0.15) is 46.5 Å². The quantitative estimate of drug-likeness (QED) is 0.408. The van der Waals surface area contributed by atoms with Crippen molar-refractivity contribution in [1.29, 1.82) is 0 Å². The minimum absolute atomic E-state index is 0.0663. The molecule has 1 amide bonds. The van der Waals surface area contributed by atoms with E-state index in [9.17, 15) is 14.4 Å². The van der Waals surface area contributed by atoms with Gasteiger partial charge in [-0.2, -0.15) is 0 Å². The van der Waals surface area contributed by atoms with E-state index in [2.05, 4.69) is 10.3 Å². The lowest BCUT2D eigenvalue weighted by Crippen LogP contribution is -2.16. The summed E-state index contributed by atoms with van der Waals surface area (Å²) in [4.78, 5) is 41.3. The lowest BCUT2D eigenvalue weighted by Gasteiger charge is -2.10. The predicted octanol–water partition coefficient (Wildman–Crippen LogP) is 5.05. The first-order valence-corrected chi connectivity index (χ1v) is 12.4. The van der Waals surface area contributed by atoms with Crippen LogP contribution in [-0.4, -0.2) is 40.9 Å². The van der Waals surface area contributed by atoms with Crippen LogP contribution in [0.25, 0.3) is 0 Å². The molecular weight excluding hydrogens is 444 g/mol. The van der Waals surface area contributed by atoms with Gasteiger partial charge < -0.3 is 10.1 Å². The fourth-order valence-corrected chi connectivity index (χ4v) is 5.02. The van der Waals surface area contributed by atoms with Gasteiger partial charge in [-0.05, 0) is 41.8 Å². The highest BCUT2D eigenvalue weighted by Crippen LogP contribution is 2.26. The van der Waals surface area contributed by atoms with E-state index in [0.717, 1.165) is 22.2 Å². The van der Waals surface area contributed by atoms with E-state index in [4.69, 9.17) is 4.74 Å². The van der Waals surface area contributed by atoms with Gasteiger partial charge in [-0.3, -0.25) is 14.6 Å². The first-order chi connectivity index (χ1) is 15.4. The molecule has 0 aromatic heterocycles. The molecule has 32 heavy (non-hydrogen) atoms. The molecule has 0 saturated carbocycles. The first-order valence-electron chi connectivity index (χ1n) is 10.4. The number of nitrogens with zero attached hydrogens (tertiary/aromatic N) is 1. The van der Waals surface area contributed by atoms with Crippen LogP contribution in [0.2, 0.25) is 0 Å². The van der Waals surface area contributed by atoms with Gasteiger partial charge >= 0.3 is 5.97 Å². The molecule has 2 aromatic rings. The fraction of sp³-hybridized carbons (Fsp3) is 0.333. The first kappa shape index (κ1) is 24.1. The van der Waals surface area contributed by atoms with Gasteiger partial charge in [-0.1, -0.05) is 55.6 Å². The van der Waals surface area contributed by atoms with Crippen LogP contribution in [-0.2, 0) is 15.3 Å². The number of carbonyl (C=O) groups is 3. The van der Waals surface area contributed by atoms with Crippen LogP contribution < -0.4 is 5.32 Å². The van der Waals surface area contributed by atoms with Crippen LogP contribution in [0.4, 0.5) is 5.69 Å². The molecule has 6 nitrogen and oxygen atoms in total. The standard InChI is InChI=1S/C24H26N2O4S2/c1-16(2)13-22(28)26-19-9-7-17(8-10-19)21(27)14-30-23(29)20-6-4-3-5-18(20)15-32-24-25-11-12-31-24/h3-10,16H,11-15H2,1-2H3,(H,26,28). The number of esters is 1. The minimum Gasteiger partial charge on any atom is -0.454 e. The van der Waals surface area contributed by atoms with Crippen LogP contribution in [0.15, 0.2) is 53.5 Å².